The van der Waals surface area contributed by atoms with Gasteiger partial charge in [-0.3, -0.25) is 0 Å². The van der Waals surface area contributed by atoms with Crippen LogP contribution >= 0.6 is 0 Å². The fraction of sp³-hybridized carbons (Fsp3) is 1.00. The van der Waals surface area contributed by atoms with Gasteiger partial charge >= 0.3 is 0 Å². The molecule has 1 heterocycles. The molecule has 1 aliphatic heterocycles. The minimum absolute atomic E-state index is 0.0803. The first-order chi connectivity index (χ1) is 7.93. The van der Waals surface area contributed by atoms with Crippen LogP contribution in [0.3, 0.4) is 0 Å². The molecule has 0 spiro atoms. The highest BCUT2D eigenvalue weighted by Gasteiger charge is 2.35. The number of ether oxygens (including phenoxy) is 2. The summed E-state index contributed by atoms with van der Waals surface area (Å²) < 4.78 is 11.4. The normalized spacial score (nSPS) is 30.5. The van der Waals surface area contributed by atoms with Gasteiger partial charge < -0.3 is 14.6 Å². The highest BCUT2D eigenvalue weighted by molar-refractivity contribution is 4.74. The predicted molar refractivity (Wildman–Crippen MR) is 68.6 cm³/mol. The average Bonchev–Trinajstić information content (AvgIpc) is 2.22. The Morgan fingerprint density at radius 1 is 1.12 bits per heavy atom. The number of aliphatic hydroxyl groups is 1. The molecule has 3 atom stereocenters. The van der Waals surface area contributed by atoms with Gasteiger partial charge in [0.25, 0.3) is 0 Å². The summed E-state index contributed by atoms with van der Waals surface area (Å²) in [5.41, 5.74) is -0.0803. The fourth-order valence-corrected chi connectivity index (χ4v) is 2.08. The lowest BCUT2D eigenvalue weighted by Crippen LogP contribution is -2.44. The number of unbranched alkanes of at least 4 members (excludes halogenated alkanes) is 3. The van der Waals surface area contributed by atoms with Crippen LogP contribution in [0.15, 0.2) is 0 Å². The van der Waals surface area contributed by atoms with Crippen molar-refractivity contribution in [1.82, 2.24) is 0 Å². The van der Waals surface area contributed by atoms with Crippen molar-refractivity contribution in [2.45, 2.75) is 84.9 Å². The van der Waals surface area contributed by atoms with Crippen LogP contribution in [-0.4, -0.2) is 23.8 Å². The maximum atomic E-state index is 9.71. The third-order valence-electron chi connectivity index (χ3n) is 3.15. The largest absolute Gasteiger partial charge is 0.368 e. The van der Waals surface area contributed by atoms with Gasteiger partial charge in [0.2, 0.25) is 0 Å². The van der Waals surface area contributed by atoms with Crippen molar-refractivity contribution in [2.24, 2.45) is 5.41 Å². The highest BCUT2D eigenvalue weighted by atomic mass is 16.7. The van der Waals surface area contributed by atoms with Crippen LogP contribution in [0.1, 0.15) is 66.2 Å². The average molecular weight is 244 g/mol. The smallest absolute Gasteiger partial charge is 0.165 e. The van der Waals surface area contributed by atoms with E-state index < -0.39 is 6.29 Å². The van der Waals surface area contributed by atoms with Crippen LogP contribution in [-0.2, 0) is 9.47 Å². The first-order valence-corrected chi connectivity index (χ1v) is 6.92. The van der Waals surface area contributed by atoms with Gasteiger partial charge in [0.1, 0.15) is 0 Å². The van der Waals surface area contributed by atoms with Gasteiger partial charge in [-0.15, -0.1) is 0 Å². The summed E-state index contributed by atoms with van der Waals surface area (Å²) in [5, 5.41) is 9.71. The first-order valence-electron chi connectivity index (χ1n) is 6.92. The van der Waals surface area contributed by atoms with E-state index in [1.165, 1.54) is 25.7 Å². The van der Waals surface area contributed by atoms with Gasteiger partial charge in [0.05, 0.1) is 6.10 Å². The summed E-state index contributed by atoms with van der Waals surface area (Å²) in [4.78, 5) is 0. The van der Waals surface area contributed by atoms with E-state index in [4.69, 9.17) is 9.47 Å². The second-order valence-corrected chi connectivity index (χ2v) is 6.13. The minimum Gasteiger partial charge on any atom is -0.368 e. The molecule has 0 aromatic rings. The van der Waals surface area contributed by atoms with Gasteiger partial charge in [-0.2, -0.15) is 0 Å². The topological polar surface area (TPSA) is 38.7 Å². The van der Waals surface area contributed by atoms with E-state index in [1.807, 2.05) is 0 Å². The zero-order valence-electron chi connectivity index (χ0n) is 11.7. The van der Waals surface area contributed by atoms with Crippen LogP contribution in [0.4, 0.5) is 0 Å². The molecule has 1 aliphatic rings. The summed E-state index contributed by atoms with van der Waals surface area (Å²) in [5.74, 6) is 0. The Labute approximate surface area is 105 Å². The maximum Gasteiger partial charge on any atom is 0.165 e. The lowest BCUT2D eigenvalue weighted by atomic mass is 9.94. The number of hydrogen-bond donors (Lipinski definition) is 1. The van der Waals surface area contributed by atoms with Crippen molar-refractivity contribution in [3.8, 4) is 0 Å². The van der Waals surface area contributed by atoms with Crippen molar-refractivity contribution in [3.63, 3.8) is 0 Å². The maximum absolute atomic E-state index is 9.71. The Kier molecular flexibility index (Phi) is 5.90. The lowest BCUT2D eigenvalue weighted by molar-refractivity contribution is -0.322. The summed E-state index contributed by atoms with van der Waals surface area (Å²) in [6.45, 7) is 8.43. The third-order valence-corrected chi connectivity index (χ3v) is 3.15. The molecule has 0 aromatic carbocycles. The summed E-state index contributed by atoms with van der Waals surface area (Å²) in [6, 6.07) is 0. The zero-order chi connectivity index (χ0) is 12.9. The van der Waals surface area contributed by atoms with Gasteiger partial charge in [-0.1, -0.05) is 53.4 Å². The lowest BCUT2D eigenvalue weighted by Gasteiger charge is -2.39. The molecule has 0 amide bonds. The molecule has 3 nitrogen and oxygen atoms in total. The van der Waals surface area contributed by atoms with E-state index >= 15 is 0 Å². The van der Waals surface area contributed by atoms with Gasteiger partial charge in [-0.05, 0) is 6.42 Å². The second-order valence-electron chi connectivity index (χ2n) is 6.13. The molecule has 1 rings (SSSR count). The van der Waals surface area contributed by atoms with Crippen molar-refractivity contribution in [1.29, 1.82) is 0 Å². The summed E-state index contributed by atoms with van der Waals surface area (Å²) in [7, 11) is 0. The molecule has 17 heavy (non-hydrogen) atoms. The van der Waals surface area contributed by atoms with Crippen LogP contribution < -0.4 is 0 Å². The Morgan fingerprint density at radius 3 is 2.41 bits per heavy atom. The molecule has 0 bridgehead atoms. The highest BCUT2D eigenvalue weighted by Crippen LogP contribution is 2.31. The molecule has 102 valence electrons. The van der Waals surface area contributed by atoms with Crippen molar-refractivity contribution in [2.75, 3.05) is 0 Å². The predicted octanol–water partition coefficient (Wildman–Crippen LogP) is 3.45. The van der Waals surface area contributed by atoms with Crippen molar-refractivity contribution >= 4 is 0 Å². The van der Waals surface area contributed by atoms with E-state index in [0.29, 0.717) is 6.42 Å². The van der Waals surface area contributed by atoms with Crippen molar-refractivity contribution < 1.29 is 14.6 Å². The van der Waals surface area contributed by atoms with Gasteiger partial charge in [0, 0.05) is 11.8 Å². The number of hydrogen-bond acceptors (Lipinski definition) is 3. The van der Waals surface area contributed by atoms with Crippen LogP contribution in [0.5, 0.6) is 0 Å². The van der Waals surface area contributed by atoms with E-state index in [-0.39, 0.29) is 17.8 Å². The quantitative estimate of drug-likeness (QED) is 0.753. The molecule has 1 saturated heterocycles. The molecule has 1 N–H and O–H groups in total. The van der Waals surface area contributed by atoms with Crippen LogP contribution in [0, 0.1) is 5.41 Å². The van der Waals surface area contributed by atoms with Crippen molar-refractivity contribution in [3.05, 3.63) is 0 Å². The Hall–Kier alpha value is -0.120. The minimum atomic E-state index is -0.663. The molecule has 0 radical (unpaired) electrons. The van der Waals surface area contributed by atoms with E-state index in [2.05, 4.69) is 27.7 Å². The molecule has 0 unspecified atom stereocenters. The zero-order valence-corrected chi connectivity index (χ0v) is 11.7. The second kappa shape index (κ2) is 6.72. The summed E-state index contributed by atoms with van der Waals surface area (Å²) in [6.07, 6.45) is 5.82. The molecule has 0 aromatic heterocycles. The van der Waals surface area contributed by atoms with E-state index in [9.17, 15) is 5.11 Å². The molecular formula is C14H28O3. The summed E-state index contributed by atoms with van der Waals surface area (Å²) >= 11 is 0. The Balaban J connectivity index is 2.35. The standard InChI is InChI=1S/C14H28O3/c1-5-6-7-8-9-11-10-12(15)17-13(16-11)14(2,3)4/h11-13,15H,5-10H2,1-4H3/t11-,12+,13-/m0/s1. The van der Waals surface area contributed by atoms with Crippen LogP contribution in [0.25, 0.3) is 0 Å². The monoisotopic (exact) mass is 244 g/mol. The van der Waals surface area contributed by atoms with Crippen LogP contribution in [0.2, 0.25) is 0 Å². The first kappa shape index (κ1) is 14.9. The Bertz CT molecular complexity index is 210. The SMILES string of the molecule is CCCCCC[C@H]1C[C@H](O)O[C@@H](C(C)(C)C)O1. The molecule has 0 saturated carbocycles. The number of rotatable bonds is 5. The van der Waals surface area contributed by atoms with Gasteiger partial charge in [-0.25, -0.2) is 0 Å². The number of aliphatic hydroxyl groups excluding tert-OH is 1. The Morgan fingerprint density at radius 2 is 1.82 bits per heavy atom. The molecule has 3 heteroatoms. The van der Waals surface area contributed by atoms with E-state index in [1.54, 1.807) is 0 Å². The van der Waals surface area contributed by atoms with E-state index in [0.717, 1.165) is 6.42 Å². The molecule has 0 aliphatic carbocycles. The molecule has 1 fully saturated rings. The van der Waals surface area contributed by atoms with Gasteiger partial charge in [0.15, 0.2) is 12.6 Å². The molecular weight excluding hydrogens is 216 g/mol. The third kappa shape index (κ3) is 5.36. The fourth-order valence-electron chi connectivity index (χ4n) is 2.08.